The number of hydrogen-bond donors (Lipinski definition) is 0. The number of nitrogens with zero attached hydrogens (tertiary/aromatic N) is 2. The van der Waals surface area contributed by atoms with Crippen LogP contribution in [0.5, 0.6) is 0 Å². The molecule has 1 aromatic heterocycles. The van der Waals surface area contributed by atoms with Crippen molar-refractivity contribution < 1.29 is 8.42 Å². The van der Waals surface area contributed by atoms with E-state index in [4.69, 9.17) is 11.6 Å². The van der Waals surface area contributed by atoms with Crippen LogP contribution in [-0.4, -0.2) is 25.7 Å². The van der Waals surface area contributed by atoms with Gasteiger partial charge in [0.05, 0.1) is 21.2 Å². The fraction of sp³-hybridized carbons (Fsp3) is 0.167. The van der Waals surface area contributed by atoms with Gasteiger partial charge in [0.25, 0.3) is 0 Å². The predicted molar refractivity (Wildman–Crippen MR) is 96.3 cm³/mol. The fourth-order valence-corrected chi connectivity index (χ4v) is 4.80. The molecule has 3 aromatic rings. The highest BCUT2D eigenvalue weighted by Crippen LogP contribution is 2.30. The summed E-state index contributed by atoms with van der Waals surface area (Å²) in [5.74, 6) is 0.765. The van der Waals surface area contributed by atoms with E-state index in [2.05, 4.69) is 4.98 Å². The third kappa shape index (κ3) is 2.64. The van der Waals surface area contributed by atoms with E-state index in [1.165, 1.54) is 0 Å². The van der Waals surface area contributed by atoms with Gasteiger partial charge in [-0.1, -0.05) is 48.0 Å². The van der Waals surface area contributed by atoms with Gasteiger partial charge in [0.1, 0.15) is 5.82 Å². The Morgan fingerprint density at radius 3 is 2.67 bits per heavy atom. The number of rotatable bonds is 1. The average molecular weight is 359 g/mol. The van der Waals surface area contributed by atoms with Gasteiger partial charge in [0, 0.05) is 18.5 Å². The van der Waals surface area contributed by atoms with E-state index in [0.717, 1.165) is 16.5 Å². The molecule has 0 amide bonds. The third-order valence-electron chi connectivity index (χ3n) is 4.27. The van der Waals surface area contributed by atoms with Gasteiger partial charge in [-0.05, 0) is 23.8 Å². The minimum absolute atomic E-state index is 0.0656. The molecule has 1 aliphatic heterocycles. The number of para-hydroxylation sites is 1. The van der Waals surface area contributed by atoms with Crippen LogP contribution in [0.15, 0.2) is 59.5 Å². The zero-order valence-corrected chi connectivity index (χ0v) is 14.4. The van der Waals surface area contributed by atoms with E-state index >= 15 is 0 Å². The topological polar surface area (TPSA) is 50.3 Å². The van der Waals surface area contributed by atoms with E-state index in [-0.39, 0.29) is 5.75 Å². The largest absolute Gasteiger partial charge is 0.351 e. The van der Waals surface area contributed by atoms with Gasteiger partial charge in [-0.15, -0.1) is 0 Å². The van der Waals surface area contributed by atoms with Gasteiger partial charge < -0.3 is 4.90 Å². The Balaban J connectivity index is 1.81. The van der Waals surface area contributed by atoms with Crippen LogP contribution >= 0.6 is 11.6 Å². The smallest absolute Gasteiger partial charge is 0.180 e. The Morgan fingerprint density at radius 2 is 1.79 bits per heavy atom. The lowest BCUT2D eigenvalue weighted by Crippen LogP contribution is -2.26. The normalized spacial score (nSPS) is 16.6. The second-order valence-electron chi connectivity index (χ2n) is 5.83. The van der Waals surface area contributed by atoms with Gasteiger partial charge >= 0.3 is 0 Å². The first-order chi connectivity index (χ1) is 11.5. The number of benzene rings is 2. The van der Waals surface area contributed by atoms with E-state index in [1.807, 2.05) is 47.4 Å². The molecule has 0 saturated carbocycles. The summed E-state index contributed by atoms with van der Waals surface area (Å²) in [5, 5.41) is 1.52. The molecular formula is C18H15ClN2O2S. The summed E-state index contributed by atoms with van der Waals surface area (Å²) < 4.78 is 25.0. The van der Waals surface area contributed by atoms with Crippen molar-refractivity contribution in [3.05, 3.63) is 65.2 Å². The number of sulfone groups is 1. The molecule has 0 bridgehead atoms. The molecule has 0 spiro atoms. The Labute approximate surface area is 145 Å². The molecule has 122 valence electrons. The number of fused-ring (bicyclic) bond motifs is 2. The first-order valence-corrected chi connectivity index (χ1v) is 9.68. The predicted octanol–water partition coefficient (Wildman–Crippen LogP) is 3.68. The number of pyridine rings is 1. The lowest BCUT2D eigenvalue weighted by Gasteiger charge is -2.22. The lowest BCUT2D eigenvalue weighted by molar-refractivity contribution is 0.596. The SMILES string of the molecule is O=S1(=O)CCN(c2cc(Cl)c3ccccc3n2)Cc2ccccc21. The van der Waals surface area contributed by atoms with Gasteiger partial charge in [0.2, 0.25) is 0 Å². The fourth-order valence-electron chi connectivity index (χ4n) is 3.04. The van der Waals surface area contributed by atoms with Crippen molar-refractivity contribution in [2.24, 2.45) is 0 Å². The van der Waals surface area contributed by atoms with Crippen molar-refractivity contribution in [3.8, 4) is 0 Å². The maximum atomic E-state index is 12.5. The van der Waals surface area contributed by atoms with Crippen LogP contribution < -0.4 is 4.90 Å². The maximum absolute atomic E-state index is 12.5. The Kier molecular flexibility index (Phi) is 3.70. The van der Waals surface area contributed by atoms with Crippen LogP contribution in [-0.2, 0) is 16.4 Å². The summed E-state index contributed by atoms with van der Waals surface area (Å²) in [5.41, 5.74) is 1.60. The molecule has 2 heterocycles. The number of halogens is 1. The molecule has 0 N–H and O–H groups in total. The molecule has 0 unspecified atom stereocenters. The minimum Gasteiger partial charge on any atom is -0.351 e. The Hall–Kier alpha value is -2.11. The van der Waals surface area contributed by atoms with E-state index in [1.54, 1.807) is 12.1 Å². The highest BCUT2D eigenvalue weighted by molar-refractivity contribution is 7.91. The van der Waals surface area contributed by atoms with Crippen molar-refractivity contribution in [1.29, 1.82) is 0 Å². The van der Waals surface area contributed by atoms with Crippen molar-refractivity contribution in [2.45, 2.75) is 11.4 Å². The van der Waals surface area contributed by atoms with Gasteiger partial charge in [-0.3, -0.25) is 0 Å². The molecule has 0 radical (unpaired) electrons. The summed E-state index contributed by atoms with van der Waals surface area (Å²) in [6, 6.07) is 16.6. The van der Waals surface area contributed by atoms with E-state index in [9.17, 15) is 8.42 Å². The van der Waals surface area contributed by atoms with Crippen LogP contribution in [0.4, 0.5) is 5.82 Å². The van der Waals surface area contributed by atoms with E-state index < -0.39 is 9.84 Å². The number of anilines is 1. The molecule has 0 saturated heterocycles. The average Bonchev–Trinajstić information content (AvgIpc) is 2.72. The Bertz CT molecular complexity index is 1030. The van der Waals surface area contributed by atoms with Gasteiger partial charge in [-0.2, -0.15) is 0 Å². The summed E-state index contributed by atoms with van der Waals surface area (Å²) in [4.78, 5) is 7.06. The lowest BCUT2D eigenvalue weighted by atomic mass is 10.2. The summed E-state index contributed by atoms with van der Waals surface area (Å²) >= 11 is 6.39. The van der Waals surface area contributed by atoms with Crippen LogP contribution in [0, 0.1) is 0 Å². The number of hydrogen-bond acceptors (Lipinski definition) is 4. The summed E-state index contributed by atoms with van der Waals surface area (Å²) in [7, 11) is -3.27. The standard InChI is InChI=1S/C18H15ClN2O2S/c19-15-11-18(20-16-7-3-2-6-14(15)16)21-9-10-24(22,23)17-8-4-1-5-13(17)12-21/h1-8,11H,9-10,12H2. The second kappa shape index (κ2) is 5.76. The first kappa shape index (κ1) is 15.4. The minimum atomic E-state index is -3.27. The van der Waals surface area contributed by atoms with Crippen molar-refractivity contribution in [1.82, 2.24) is 4.98 Å². The highest BCUT2D eigenvalue weighted by atomic mass is 35.5. The highest BCUT2D eigenvalue weighted by Gasteiger charge is 2.25. The Morgan fingerprint density at radius 1 is 1.04 bits per heavy atom. The molecular weight excluding hydrogens is 344 g/mol. The molecule has 0 aliphatic carbocycles. The third-order valence-corrected chi connectivity index (χ3v) is 6.38. The molecule has 24 heavy (non-hydrogen) atoms. The van der Waals surface area contributed by atoms with Crippen LogP contribution in [0.3, 0.4) is 0 Å². The maximum Gasteiger partial charge on any atom is 0.180 e. The van der Waals surface area contributed by atoms with Crippen LogP contribution in [0.25, 0.3) is 10.9 Å². The van der Waals surface area contributed by atoms with Crippen LogP contribution in [0.2, 0.25) is 5.02 Å². The molecule has 0 fully saturated rings. The zero-order chi connectivity index (χ0) is 16.7. The molecule has 4 rings (SSSR count). The first-order valence-electron chi connectivity index (χ1n) is 7.65. The quantitative estimate of drug-likeness (QED) is 0.665. The van der Waals surface area contributed by atoms with Gasteiger partial charge in [-0.25, -0.2) is 13.4 Å². The molecule has 6 heteroatoms. The van der Waals surface area contributed by atoms with E-state index in [0.29, 0.717) is 28.8 Å². The van der Waals surface area contributed by atoms with Crippen molar-refractivity contribution in [3.63, 3.8) is 0 Å². The van der Waals surface area contributed by atoms with Gasteiger partial charge in [0.15, 0.2) is 9.84 Å². The summed E-state index contributed by atoms with van der Waals surface area (Å²) in [6.07, 6.45) is 0. The summed E-state index contributed by atoms with van der Waals surface area (Å²) in [6.45, 7) is 0.885. The second-order valence-corrected chi connectivity index (χ2v) is 8.31. The zero-order valence-electron chi connectivity index (χ0n) is 12.8. The van der Waals surface area contributed by atoms with Crippen LogP contribution in [0.1, 0.15) is 5.56 Å². The molecule has 0 atom stereocenters. The monoisotopic (exact) mass is 358 g/mol. The number of aromatic nitrogens is 1. The van der Waals surface area contributed by atoms with Crippen molar-refractivity contribution >= 4 is 38.2 Å². The molecule has 4 nitrogen and oxygen atoms in total. The molecule has 2 aromatic carbocycles. The molecule has 1 aliphatic rings. The van der Waals surface area contributed by atoms with Crippen molar-refractivity contribution in [2.75, 3.05) is 17.2 Å².